The fourth-order valence-electron chi connectivity index (χ4n) is 1.85. The highest BCUT2D eigenvalue weighted by Gasteiger charge is 2.10. The zero-order valence-corrected chi connectivity index (χ0v) is 11.1. The number of rotatable bonds is 5. The average Bonchev–Trinajstić information content (AvgIpc) is 2.47. The Kier molecular flexibility index (Phi) is 4.47. The Bertz CT molecular complexity index is 531. The Balaban J connectivity index is 2.03. The van der Waals surface area contributed by atoms with Gasteiger partial charge < -0.3 is 10.1 Å². The van der Waals surface area contributed by atoms with Crippen LogP contribution in [0.3, 0.4) is 0 Å². The van der Waals surface area contributed by atoms with Crippen LogP contribution in [0.5, 0.6) is 5.75 Å². The number of nitrogens with zero attached hydrogens (tertiary/aromatic N) is 1. The summed E-state index contributed by atoms with van der Waals surface area (Å²) in [5.74, 6) is -0.0458. The lowest BCUT2D eigenvalue weighted by Gasteiger charge is -2.14. The third kappa shape index (κ3) is 3.29. The molecule has 4 heteroatoms. The van der Waals surface area contributed by atoms with Gasteiger partial charge in [0.25, 0.3) is 0 Å². The fourth-order valence-corrected chi connectivity index (χ4v) is 1.85. The predicted molar refractivity (Wildman–Crippen MR) is 72.4 cm³/mol. The van der Waals surface area contributed by atoms with Crippen LogP contribution in [0.2, 0.25) is 0 Å². The smallest absolute Gasteiger partial charge is 0.169 e. The van der Waals surface area contributed by atoms with E-state index in [0.717, 1.165) is 5.69 Å². The van der Waals surface area contributed by atoms with E-state index < -0.39 is 0 Å². The molecule has 3 nitrogen and oxygen atoms in total. The van der Waals surface area contributed by atoms with Gasteiger partial charge in [-0.2, -0.15) is 0 Å². The second-order valence-electron chi connectivity index (χ2n) is 4.29. The molecule has 100 valence electrons. The Labute approximate surface area is 112 Å². The second-order valence-corrected chi connectivity index (χ2v) is 4.29. The van der Waals surface area contributed by atoms with E-state index in [4.69, 9.17) is 4.74 Å². The van der Waals surface area contributed by atoms with Crippen LogP contribution in [0.15, 0.2) is 42.6 Å². The van der Waals surface area contributed by atoms with E-state index in [1.807, 2.05) is 25.1 Å². The summed E-state index contributed by atoms with van der Waals surface area (Å²) in [6.07, 6.45) is 1.75. The summed E-state index contributed by atoms with van der Waals surface area (Å²) in [5, 5.41) is 3.25. The third-order valence-corrected chi connectivity index (χ3v) is 2.99. The standard InChI is InChI=1S/C15H17FN2O/c1-11(13-7-3-4-9-17-13)18-10-12-6-5-8-14(19-2)15(12)16/h3-9,11,18H,10H2,1-2H3. The molecule has 0 saturated heterocycles. The molecular weight excluding hydrogens is 243 g/mol. The highest BCUT2D eigenvalue weighted by Crippen LogP contribution is 2.20. The number of nitrogens with one attached hydrogen (secondary N) is 1. The molecule has 0 aliphatic heterocycles. The maximum absolute atomic E-state index is 13.9. The second kappa shape index (κ2) is 6.29. The summed E-state index contributed by atoms with van der Waals surface area (Å²) in [7, 11) is 1.46. The van der Waals surface area contributed by atoms with Crippen LogP contribution < -0.4 is 10.1 Å². The van der Waals surface area contributed by atoms with Gasteiger partial charge in [0.2, 0.25) is 0 Å². The number of hydrogen-bond acceptors (Lipinski definition) is 3. The summed E-state index contributed by atoms with van der Waals surface area (Å²) < 4.78 is 18.9. The largest absolute Gasteiger partial charge is 0.494 e. The summed E-state index contributed by atoms with van der Waals surface area (Å²) in [4.78, 5) is 4.27. The van der Waals surface area contributed by atoms with Crippen LogP contribution in [0, 0.1) is 5.82 Å². The molecule has 0 saturated carbocycles. The van der Waals surface area contributed by atoms with E-state index in [-0.39, 0.29) is 17.6 Å². The van der Waals surface area contributed by atoms with Crippen molar-refractivity contribution in [1.82, 2.24) is 10.3 Å². The zero-order chi connectivity index (χ0) is 13.7. The summed E-state index contributed by atoms with van der Waals surface area (Å²) in [6, 6.07) is 11.0. The van der Waals surface area contributed by atoms with Gasteiger partial charge in [-0.05, 0) is 25.1 Å². The molecule has 0 fully saturated rings. The van der Waals surface area contributed by atoms with Crippen LogP contribution in [-0.4, -0.2) is 12.1 Å². The first kappa shape index (κ1) is 13.5. The van der Waals surface area contributed by atoms with Crippen molar-refractivity contribution in [2.24, 2.45) is 0 Å². The molecular formula is C15H17FN2O. The SMILES string of the molecule is COc1cccc(CNC(C)c2ccccn2)c1F. The highest BCUT2D eigenvalue weighted by atomic mass is 19.1. The first-order valence-electron chi connectivity index (χ1n) is 6.18. The predicted octanol–water partition coefficient (Wildman–Crippen LogP) is 3.08. The molecule has 2 aromatic rings. The van der Waals surface area contributed by atoms with Gasteiger partial charge >= 0.3 is 0 Å². The average molecular weight is 260 g/mol. The Hall–Kier alpha value is -1.94. The number of benzene rings is 1. The maximum Gasteiger partial charge on any atom is 0.169 e. The lowest BCUT2D eigenvalue weighted by atomic mass is 10.1. The summed E-state index contributed by atoms with van der Waals surface area (Å²) >= 11 is 0. The Morgan fingerprint density at radius 1 is 1.26 bits per heavy atom. The molecule has 0 radical (unpaired) electrons. The minimum absolute atomic E-state index is 0.0619. The van der Waals surface area contributed by atoms with E-state index in [2.05, 4.69) is 10.3 Å². The molecule has 1 atom stereocenters. The van der Waals surface area contributed by atoms with Gasteiger partial charge in [-0.25, -0.2) is 4.39 Å². The first-order valence-corrected chi connectivity index (χ1v) is 6.18. The van der Waals surface area contributed by atoms with Crippen molar-refractivity contribution in [3.8, 4) is 5.75 Å². The maximum atomic E-state index is 13.9. The van der Waals surface area contributed by atoms with Crippen molar-refractivity contribution in [1.29, 1.82) is 0 Å². The molecule has 0 spiro atoms. The summed E-state index contributed by atoms with van der Waals surface area (Å²) in [6.45, 7) is 2.43. The first-order chi connectivity index (χ1) is 9.22. The fraction of sp³-hybridized carbons (Fsp3) is 0.267. The van der Waals surface area contributed by atoms with Crippen molar-refractivity contribution in [3.05, 3.63) is 59.7 Å². The molecule has 1 unspecified atom stereocenters. The molecule has 1 N–H and O–H groups in total. The van der Waals surface area contributed by atoms with Crippen molar-refractivity contribution >= 4 is 0 Å². The molecule has 0 aliphatic rings. The zero-order valence-electron chi connectivity index (χ0n) is 11.1. The number of hydrogen-bond donors (Lipinski definition) is 1. The van der Waals surface area contributed by atoms with Gasteiger partial charge in [0, 0.05) is 24.3 Å². The Morgan fingerprint density at radius 3 is 2.79 bits per heavy atom. The van der Waals surface area contributed by atoms with Gasteiger partial charge in [0.15, 0.2) is 11.6 Å². The van der Waals surface area contributed by atoms with Crippen molar-refractivity contribution in [2.75, 3.05) is 7.11 Å². The van der Waals surface area contributed by atoms with Crippen molar-refractivity contribution in [2.45, 2.75) is 19.5 Å². The van der Waals surface area contributed by atoms with Crippen LogP contribution >= 0.6 is 0 Å². The lowest BCUT2D eigenvalue weighted by molar-refractivity contribution is 0.382. The van der Waals surface area contributed by atoms with Gasteiger partial charge in [-0.3, -0.25) is 4.98 Å². The van der Waals surface area contributed by atoms with E-state index in [9.17, 15) is 4.39 Å². The highest BCUT2D eigenvalue weighted by molar-refractivity contribution is 5.31. The van der Waals surface area contributed by atoms with E-state index >= 15 is 0 Å². The molecule has 1 aromatic heterocycles. The molecule has 1 heterocycles. The molecule has 0 bridgehead atoms. The Morgan fingerprint density at radius 2 is 2.11 bits per heavy atom. The van der Waals surface area contributed by atoms with E-state index in [1.165, 1.54) is 7.11 Å². The summed E-state index contributed by atoms with van der Waals surface area (Å²) in [5.41, 5.74) is 1.52. The molecule has 0 amide bonds. The normalized spacial score (nSPS) is 12.2. The van der Waals surface area contributed by atoms with Crippen LogP contribution in [-0.2, 0) is 6.54 Å². The number of methoxy groups -OCH3 is 1. The molecule has 19 heavy (non-hydrogen) atoms. The van der Waals surface area contributed by atoms with Crippen LogP contribution in [0.4, 0.5) is 4.39 Å². The van der Waals surface area contributed by atoms with Gasteiger partial charge in [-0.15, -0.1) is 0 Å². The minimum atomic E-state index is -0.314. The number of aromatic nitrogens is 1. The van der Waals surface area contributed by atoms with Gasteiger partial charge in [0.1, 0.15) is 0 Å². The topological polar surface area (TPSA) is 34.1 Å². The van der Waals surface area contributed by atoms with E-state index in [0.29, 0.717) is 12.1 Å². The minimum Gasteiger partial charge on any atom is -0.494 e. The van der Waals surface area contributed by atoms with Crippen molar-refractivity contribution < 1.29 is 9.13 Å². The van der Waals surface area contributed by atoms with Crippen molar-refractivity contribution in [3.63, 3.8) is 0 Å². The number of halogens is 1. The monoisotopic (exact) mass is 260 g/mol. The number of pyridine rings is 1. The molecule has 2 rings (SSSR count). The van der Waals surface area contributed by atoms with Crippen LogP contribution in [0.25, 0.3) is 0 Å². The lowest BCUT2D eigenvalue weighted by Crippen LogP contribution is -2.19. The van der Waals surface area contributed by atoms with E-state index in [1.54, 1.807) is 24.4 Å². The van der Waals surface area contributed by atoms with Gasteiger partial charge in [-0.1, -0.05) is 18.2 Å². The quantitative estimate of drug-likeness (QED) is 0.897. The molecule has 1 aromatic carbocycles. The number of ether oxygens (including phenoxy) is 1. The molecule has 0 aliphatic carbocycles. The van der Waals surface area contributed by atoms with Gasteiger partial charge in [0.05, 0.1) is 12.8 Å². The third-order valence-electron chi connectivity index (χ3n) is 2.99. The van der Waals surface area contributed by atoms with Crippen LogP contribution in [0.1, 0.15) is 24.2 Å².